The Hall–Kier alpha value is -1.28. The van der Waals surface area contributed by atoms with Gasteiger partial charge in [-0.3, -0.25) is 0 Å². The third kappa shape index (κ3) is 8.89. The van der Waals surface area contributed by atoms with Crippen molar-refractivity contribution in [1.82, 2.24) is 0 Å². The number of carbonyl (C=O) groups excluding carboxylic acids is 2. The molecule has 0 amide bonds. The molecule has 1 N–H and O–H groups in total. The van der Waals surface area contributed by atoms with E-state index in [9.17, 15) is 14.7 Å². The molecule has 300 valence electrons. The number of rotatable bonds is 10. The van der Waals surface area contributed by atoms with Crippen LogP contribution in [-0.4, -0.2) is 70.7 Å². The zero-order valence-electron chi connectivity index (χ0n) is 34.9. The van der Waals surface area contributed by atoms with Gasteiger partial charge in [0.15, 0.2) is 0 Å². The lowest BCUT2D eigenvalue weighted by Crippen LogP contribution is -2.42. The van der Waals surface area contributed by atoms with Crippen LogP contribution in [0.3, 0.4) is 0 Å². The maximum absolute atomic E-state index is 11.3. The van der Waals surface area contributed by atoms with Gasteiger partial charge in [-0.2, -0.15) is 0 Å². The topological polar surface area (TPSA) is 91.3 Å². The molecule has 15 atom stereocenters. The van der Waals surface area contributed by atoms with E-state index in [1.165, 1.54) is 103 Å². The molecule has 6 fully saturated rings. The number of allylic oxidation sites excluding steroid dienone is 1. The predicted octanol–water partition coefficient (Wildman–Crippen LogP) is 9.48. The van der Waals surface area contributed by atoms with Crippen LogP contribution in [0.2, 0.25) is 0 Å². The molecule has 6 aliphatic carbocycles. The van der Waals surface area contributed by atoms with Crippen molar-refractivity contribution in [1.29, 1.82) is 0 Å². The first-order chi connectivity index (χ1) is 24.8. The number of carbonyl (C=O) groups is 2. The van der Waals surface area contributed by atoms with Crippen molar-refractivity contribution >= 4 is 12.3 Å². The highest BCUT2D eigenvalue weighted by atomic mass is 16.5. The number of aliphatic hydroxyl groups is 1. The quantitative estimate of drug-likeness (QED) is 0.136. The van der Waals surface area contributed by atoms with Gasteiger partial charge in [0.05, 0.1) is 25.4 Å². The summed E-state index contributed by atoms with van der Waals surface area (Å²) >= 11 is 0. The van der Waals surface area contributed by atoms with E-state index in [2.05, 4.69) is 46.3 Å². The molecule has 0 spiro atoms. The number of hydrogen-bond donors (Lipinski definition) is 1. The van der Waals surface area contributed by atoms with Gasteiger partial charge in [-0.1, -0.05) is 66.9 Å². The SMILES string of the molecule is COC(=O)/C=C/[C@@H](C)[C@H]1CCC2C(OC)CCC[C@@]21C.COC1CCC[C@@]2(C)C1CC[C@@H]2[C@H](C)C=O.COC1CCC[C@@]2(C)C1CC[C@@H]2[C@H](C)CO. The summed E-state index contributed by atoms with van der Waals surface area (Å²) < 4.78 is 21.7. The van der Waals surface area contributed by atoms with E-state index < -0.39 is 0 Å². The molecule has 0 aromatic rings. The summed E-state index contributed by atoms with van der Waals surface area (Å²) in [5.41, 5.74) is 1.12. The molecule has 0 aliphatic heterocycles. The van der Waals surface area contributed by atoms with Gasteiger partial charge in [0.25, 0.3) is 0 Å². The Morgan fingerprint density at radius 3 is 1.38 bits per heavy atom. The van der Waals surface area contributed by atoms with Crippen LogP contribution in [0, 0.1) is 69.5 Å². The van der Waals surface area contributed by atoms with Gasteiger partial charge in [0.2, 0.25) is 0 Å². The second-order valence-corrected chi connectivity index (χ2v) is 18.8. The lowest BCUT2D eigenvalue weighted by atomic mass is 9.62. The van der Waals surface area contributed by atoms with Crippen molar-refractivity contribution in [3.8, 4) is 0 Å². The van der Waals surface area contributed by atoms with E-state index in [1.807, 2.05) is 27.4 Å². The van der Waals surface area contributed by atoms with E-state index in [-0.39, 0.29) is 11.9 Å². The molecule has 6 saturated carbocycles. The van der Waals surface area contributed by atoms with E-state index in [1.54, 1.807) is 6.08 Å². The minimum Gasteiger partial charge on any atom is -0.466 e. The van der Waals surface area contributed by atoms with Gasteiger partial charge in [-0.05, 0) is 141 Å². The molecule has 0 saturated heterocycles. The second kappa shape index (κ2) is 19.0. The zero-order valence-corrected chi connectivity index (χ0v) is 34.9. The highest BCUT2D eigenvalue weighted by Gasteiger charge is 2.54. The third-order valence-electron chi connectivity index (χ3n) is 16.5. The van der Waals surface area contributed by atoms with Crippen LogP contribution in [0.25, 0.3) is 0 Å². The van der Waals surface area contributed by atoms with Crippen LogP contribution >= 0.6 is 0 Å². The summed E-state index contributed by atoms with van der Waals surface area (Å²) in [6.45, 7) is 14.1. The monoisotopic (exact) mass is 731 g/mol. The molecule has 6 aliphatic rings. The summed E-state index contributed by atoms with van der Waals surface area (Å²) in [5, 5.41) is 9.39. The minimum atomic E-state index is -0.255. The van der Waals surface area contributed by atoms with Gasteiger partial charge >= 0.3 is 5.97 Å². The number of fused-ring (bicyclic) bond motifs is 3. The van der Waals surface area contributed by atoms with Crippen LogP contribution in [0.15, 0.2) is 12.2 Å². The molecule has 0 bridgehead atoms. The molecule has 7 nitrogen and oxygen atoms in total. The smallest absolute Gasteiger partial charge is 0.330 e. The first kappa shape index (κ1) is 43.4. The van der Waals surface area contributed by atoms with Crippen molar-refractivity contribution < 1.29 is 33.6 Å². The molecule has 0 aromatic heterocycles. The minimum absolute atomic E-state index is 0.214. The molecular formula is C45H78O7. The Morgan fingerprint density at radius 1 is 0.635 bits per heavy atom. The number of aliphatic hydroxyl groups excluding tert-OH is 1. The van der Waals surface area contributed by atoms with Crippen molar-refractivity contribution in [2.45, 2.75) is 156 Å². The average molecular weight is 731 g/mol. The van der Waals surface area contributed by atoms with Gasteiger partial charge in [0.1, 0.15) is 6.29 Å². The Kier molecular flexibility index (Phi) is 15.9. The summed E-state index contributed by atoms with van der Waals surface area (Å²) in [6.07, 6.45) is 25.0. The van der Waals surface area contributed by atoms with E-state index in [0.717, 1.165) is 12.2 Å². The highest BCUT2D eigenvalue weighted by Crippen LogP contribution is 2.60. The number of aldehydes is 1. The Bertz CT molecular complexity index is 1150. The average Bonchev–Trinajstić information content (AvgIpc) is 3.82. The van der Waals surface area contributed by atoms with E-state index >= 15 is 0 Å². The van der Waals surface area contributed by atoms with Crippen LogP contribution in [-0.2, 0) is 28.5 Å². The fourth-order valence-corrected chi connectivity index (χ4v) is 13.6. The molecule has 0 radical (unpaired) electrons. The van der Waals surface area contributed by atoms with Gasteiger partial charge in [0, 0.05) is 39.9 Å². The first-order valence-electron chi connectivity index (χ1n) is 21.2. The van der Waals surface area contributed by atoms with Crippen LogP contribution < -0.4 is 0 Å². The van der Waals surface area contributed by atoms with E-state index in [0.29, 0.717) is 82.6 Å². The maximum atomic E-state index is 11.3. The highest BCUT2D eigenvalue weighted by molar-refractivity contribution is 5.81. The van der Waals surface area contributed by atoms with E-state index in [4.69, 9.17) is 14.2 Å². The predicted molar refractivity (Wildman–Crippen MR) is 209 cm³/mol. The first-order valence-corrected chi connectivity index (χ1v) is 21.2. The summed E-state index contributed by atoms with van der Waals surface area (Å²) in [7, 11) is 6.98. The number of esters is 1. The van der Waals surface area contributed by atoms with Crippen LogP contribution in [0.1, 0.15) is 138 Å². The van der Waals surface area contributed by atoms with Gasteiger partial charge < -0.3 is 28.8 Å². The number of hydrogen-bond acceptors (Lipinski definition) is 7. The molecule has 6 rings (SSSR count). The van der Waals surface area contributed by atoms with Gasteiger partial charge in [-0.15, -0.1) is 0 Å². The van der Waals surface area contributed by atoms with Crippen LogP contribution in [0.4, 0.5) is 0 Å². The molecule has 0 aromatic carbocycles. The molecule has 6 unspecified atom stereocenters. The summed E-state index contributed by atoms with van der Waals surface area (Å²) in [4.78, 5) is 22.3. The maximum Gasteiger partial charge on any atom is 0.330 e. The van der Waals surface area contributed by atoms with Crippen molar-refractivity contribution in [2.24, 2.45) is 69.5 Å². The Balaban J connectivity index is 0.000000176. The lowest BCUT2D eigenvalue weighted by molar-refractivity contribution is -0.134. The second-order valence-electron chi connectivity index (χ2n) is 18.8. The fourth-order valence-electron chi connectivity index (χ4n) is 13.6. The van der Waals surface area contributed by atoms with Crippen LogP contribution in [0.5, 0.6) is 0 Å². The third-order valence-corrected chi connectivity index (χ3v) is 16.5. The van der Waals surface area contributed by atoms with Gasteiger partial charge in [-0.25, -0.2) is 4.79 Å². The molecular weight excluding hydrogens is 652 g/mol. The summed E-state index contributed by atoms with van der Waals surface area (Å²) in [6, 6.07) is 0. The summed E-state index contributed by atoms with van der Waals surface area (Å²) in [5.74, 6) is 4.83. The lowest BCUT2D eigenvalue weighted by Gasteiger charge is -2.46. The van der Waals surface area contributed by atoms with Crippen molar-refractivity contribution in [3.05, 3.63) is 12.2 Å². The number of ether oxygens (including phenoxy) is 4. The standard InChI is InChI=1S/C17H28O3.C14H26O2.C14H24O2/c1-12(7-10-16(18)20-4)13-8-9-14-15(19-3)6-5-11-17(13,14)2;2*1-10(9-15)11-6-7-12-13(16-3)5-4-8-14(11,12)2/h7,10,12-15H,5-6,8-9,11H2,1-4H3;10-13,15H,4-9H2,1-3H3;9-13H,4-8H2,1-3H3/b10-7+;;/t12-,13-,14?,15?,17-;2*10-,11-,12?,13?,14-/m111/s1. The Labute approximate surface area is 318 Å². The Morgan fingerprint density at radius 2 is 1.02 bits per heavy atom. The molecule has 7 heteroatoms. The zero-order chi connectivity index (χ0) is 38.3. The number of methoxy groups -OCH3 is 4. The van der Waals surface area contributed by atoms with Crippen molar-refractivity contribution in [2.75, 3.05) is 35.0 Å². The molecule has 0 heterocycles. The normalized spacial score (nSPS) is 42.7. The molecule has 52 heavy (non-hydrogen) atoms. The fraction of sp³-hybridized carbons (Fsp3) is 0.911. The van der Waals surface area contributed by atoms with Crippen molar-refractivity contribution in [3.63, 3.8) is 0 Å². The largest absolute Gasteiger partial charge is 0.466 e.